The van der Waals surface area contributed by atoms with Crippen LogP contribution < -0.4 is 9.47 Å². The first-order chi connectivity index (χ1) is 10.2. The molecule has 0 heterocycles. The summed E-state index contributed by atoms with van der Waals surface area (Å²) in [5.41, 5.74) is 1.84. The maximum absolute atomic E-state index is 10.9. The molecule has 0 aromatic heterocycles. The predicted molar refractivity (Wildman–Crippen MR) is 83.4 cm³/mol. The van der Waals surface area contributed by atoms with Crippen LogP contribution in [-0.2, 0) is 0 Å². The Kier molecular flexibility index (Phi) is 5.38. The van der Waals surface area contributed by atoms with Crippen molar-refractivity contribution in [2.75, 3.05) is 13.2 Å². The zero-order chi connectivity index (χ0) is 15.1. The molecule has 3 nitrogen and oxygen atoms in total. The molecule has 110 valence electrons. The number of benzene rings is 2. The molecule has 0 saturated carbocycles. The lowest BCUT2D eigenvalue weighted by atomic mass is 10.0. The van der Waals surface area contributed by atoms with Crippen LogP contribution in [0.1, 0.15) is 35.7 Å². The molecule has 0 aliphatic heterocycles. The van der Waals surface area contributed by atoms with E-state index in [-0.39, 0.29) is 0 Å². The molecule has 3 heteroatoms. The summed E-state index contributed by atoms with van der Waals surface area (Å²) >= 11 is 0. The standard InChI is InChI=1S/C18H20O3/c1-14(2)15-7-9-17(10-8-15)20-11-12-21-18-6-4-3-5-16(18)13-19/h3-10,13-14H,11-12H2,1-2H3. The van der Waals surface area contributed by atoms with Crippen molar-refractivity contribution in [2.24, 2.45) is 0 Å². The highest BCUT2D eigenvalue weighted by atomic mass is 16.5. The highest BCUT2D eigenvalue weighted by Crippen LogP contribution is 2.19. The molecule has 0 unspecified atom stereocenters. The molecule has 0 aliphatic carbocycles. The predicted octanol–water partition coefficient (Wildman–Crippen LogP) is 4.08. The van der Waals surface area contributed by atoms with Gasteiger partial charge in [-0.1, -0.05) is 38.1 Å². The molecule has 0 aliphatic rings. The van der Waals surface area contributed by atoms with Gasteiger partial charge in [-0.3, -0.25) is 4.79 Å². The molecule has 0 fully saturated rings. The summed E-state index contributed by atoms with van der Waals surface area (Å²) in [5.74, 6) is 1.93. The SMILES string of the molecule is CC(C)c1ccc(OCCOc2ccccc2C=O)cc1. The fourth-order valence-electron chi connectivity index (χ4n) is 1.97. The van der Waals surface area contributed by atoms with E-state index in [0.717, 1.165) is 12.0 Å². The Hall–Kier alpha value is -2.29. The second kappa shape index (κ2) is 7.48. The summed E-state index contributed by atoms with van der Waals surface area (Å²) in [7, 11) is 0. The van der Waals surface area contributed by atoms with E-state index in [1.54, 1.807) is 12.1 Å². The van der Waals surface area contributed by atoms with E-state index < -0.39 is 0 Å². The van der Waals surface area contributed by atoms with Gasteiger partial charge in [0.25, 0.3) is 0 Å². The van der Waals surface area contributed by atoms with Crippen molar-refractivity contribution in [3.8, 4) is 11.5 Å². The van der Waals surface area contributed by atoms with Gasteiger partial charge in [-0.15, -0.1) is 0 Å². The van der Waals surface area contributed by atoms with Gasteiger partial charge in [0, 0.05) is 0 Å². The first kappa shape index (κ1) is 15.1. The third-order valence-electron chi connectivity index (χ3n) is 3.20. The summed E-state index contributed by atoms with van der Waals surface area (Å²) < 4.78 is 11.2. The number of carbonyl (C=O) groups is 1. The number of carbonyl (C=O) groups excluding carboxylic acids is 1. The minimum Gasteiger partial charge on any atom is -0.490 e. The van der Waals surface area contributed by atoms with Gasteiger partial charge in [0.15, 0.2) is 6.29 Å². The Morgan fingerprint density at radius 2 is 1.62 bits per heavy atom. The van der Waals surface area contributed by atoms with Gasteiger partial charge in [0.05, 0.1) is 5.56 Å². The van der Waals surface area contributed by atoms with Crippen molar-refractivity contribution < 1.29 is 14.3 Å². The summed E-state index contributed by atoms with van der Waals surface area (Å²) in [5, 5.41) is 0. The molecule has 0 atom stereocenters. The van der Waals surface area contributed by atoms with E-state index in [1.807, 2.05) is 24.3 Å². The number of para-hydroxylation sites is 1. The number of rotatable bonds is 7. The minimum atomic E-state index is 0.400. The largest absolute Gasteiger partial charge is 0.490 e. The van der Waals surface area contributed by atoms with Gasteiger partial charge in [0.1, 0.15) is 24.7 Å². The number of aldehydes is 1. The van der Waals surface area contributed by atoms with Crippen molar-refractivity contribution in [3.05, 3.63) is 59.7 Å². The van der Waals surface area contributed by atoms with Crippen LogP contribution in [0.2, 0.25) is 0 Å². The van der Waals surface area contributed by atoms with E-state index >= 15 is 0 Å². The highest BCUT2D eigenvalue weighted by molar-refractivity contribution is 5.79. The van der Waals surface area contributed by atoms with Crippen LogP contribution in [0.5, 0.6) is 11.5 Å². The normalized spacial score (nSPS) is 10.4. The van der Waals surface area contributed by atoms with E-state index in [2.05, 4.69) is 26.0 Å². The van der Waals surface area contributed by atoms with Gasteiger partial charge < -0.3 is 9.47 Å². The van der Waals surface area contributed by atoms with E-state index in [4.69, 9.17) is 9.47 Å². The number of hydrogen-bond donors (Lipinski definition) is 0. The highest BCUT2D eigenvalue weighted by Gasteiger charge is 2.02. The van der Waals surface area contributed by atoms with Crippen LogP contribution in [0.15, 0.2) is 48.5 Å². The summed E-state index contributed by atoms with van der Waals surface area (Å²) in [4.78, 5) is 10.9. The van der Waals surface area contributed by atoms with E-state index in [9.17, 15) is 4.79 Å². The minimum absolute atomic E-state index is 0.400. The Balaban J connectivity index is 1.80. The molecular formula is C18H20O3. The molecule has 21 heavy (non-hydrogen) atoms. The third-order valence-corrected chi connectivity index (χ3v) is 3.20. The quantitative estimate of drug-likeness (QED) is 0.567. The van der Waals surface area contributed by atoms with Crippen LogP contribution >= 0.6 is 0 Å². The first-order valence-electron chi connectivity index (χ1n) is 7.10. The summed E-state index contributed by atoms with van der Waals surface area (Å²) in [6, 6.07) is 15.2. The molecule has 0 N–H and O–H groups in total. The molecule has 0 saturated heterocycles. The number of hydrogen-bond acceptors (Lipinski definition) is 3. The zero-order valence-electron chi connectivity index (χ0n) is 12.4. The fourth-order valence-corrected chi connectivity index (χ4v) is 1.97. The molecule has 0 radical (unpaired) electrons. The monoisotopic (exact) mass is 284 g/mol. The molecule has 0 bridgehead atoms. The van der Waals surface area contributed by atoms with Crippen molar-refractivity contribution in [2.45, 2.75) is 19.8 Å². The Morgan fingerprint density at radius 1 is 0.952 bits per heavy atom. The maximum atomic E-state index is 10.9. The molecule has 2 rings (SSSR count). The zero-order valence-corrected chi connectivity index (χ0v) is 12.4. The van der Waals surface area contributed by atoms with Crippen molar-refractivity contribution in [1.29, 1.82) is 0 Å². The molecule has 2 aromatic rings. The summed E-state index contributed by atoms with van der Waals surface area (Å²) in [6.45, 7) is 5.16. The lowest BCUT2D eigenvalue weighted by Crippen LogP contribution is -2.09. The average molecular weight is 284 g/mol. The van der Waals surface area contributed by atoms with Gasteiger partial charge in [0.2, 0.25) is 0 Å². The van der Waals surface area contributed by atoms with Gasteiger partial charge in [-0.05, 0) is 35.7 Å². The Bertz CT molecular complexity index is 573. The first-order valence-corrected chi connectivity index (χ1v) is 7.10. The Labute approximate surface area is 125 Å². The van der Waals surface area contributed by atoms with E-state index in [1.165, 1.54) is 5.56 Å². The Morgan fingerprint density at radius 3 is 2.29 bits per heavy atom. The lowest BCUT2D eigenvalue weighted by Gasteiger charge is -2.10. The molecular weight excluding hydrogens is 264 g/mol. The smallest absolute Gasteiger partial charge is 0.153 e. The molecule has 0 amide bonds. The van der Waals surface area contributed by atoms with Crippen LogP contribution in [-0.4, -0.2) is 19.5 Å². The average Bonchev–Trinajstić information content (AvgIpc) is 2.52. The van der Waals surface area contributed by atoms with Gasteiger partial charge in [-0.25, -0.2) is 0 Å². The third kappa shape index (κ3) is 4.35. The van der Waals surface area contributed by atoms with Crippen LogP contribution in [0.3, 0.4) is 0 Å². The van der Waals surface area contributed by atoms with E-state index in [0.29, 0.717) is 30.4 Å². The van der Waals surface area contributed by atoms with Crippen LogP contribution in [0, 0.1) is 0 Å². The van der Waals surface area contributed by atoms with Crippen molar-refractivity contribution in [1.82, 2.24) is 0 Å². The number of ether oxygens (including phenoxy) is 2. The summed E-state index contributed by atoms with van der Waals surface area (Å²) in [6.07, 6.45) is 0.792. The maximum Gasteiger partial charge on any atom is 0.153 e. The van der Waals surface area contributed by atoms with Crippen molar-refractivity contribution in [3.63, 3.8) is 0 Å². The molecule has 0 spiro atoms. The fraction of sp³-hybridized carbons (Fsp3) is 0.278. The second-order valence-corrected chi connectivity index (χ2v) is 5.08. The lowest BCUT2D eigenvalue weighted by molar-refractivity contribution is 0.111. The second-order valence-electron chi connectivity index (χ2n) is 5.08. The van der Waals surface area contributed by atoms with Crippen LogP contribution in [0.25, 0.3) is 0 Å². The topological polar surface area (TPSA) is 35.5 Å². The molecule has 2 aromatic carbocycles. The van der Waals surface area contributed by atoms with Gasteiger partial charge in [-0.2, -0.15) is 0 Å². The van der Waals surface area contributed by atoms with Crippen molar-refractivity contribution >= 4 is 6.29 Å². The van der Waals surface area contributed by atoms with Gasteiger partial charge >= 0.3 is 0 Å². The van der Waals surface area contributed by atoms with Crippen LogP contribution in [0.4, 0.5) is 0 Å².